The van der Waals surface area contributed by atoms with Gasteiger partial charge in [0.25, 0.3) is 0 Å². The summed E-state index contributed by atoms with van der Waals surface area (Å²) in [7, 11) is -3.74. The lowest BCUT2D eigenvalue weighted by atomic mass is 10.1. The zero-order valence-electron chi connectivity index (χ0n) is 14.5. The molecule has 8 heteroatoms. The van der Waals surface area contributed by atoms with Crippen LogP contribution in [0.25, 0.3) is 11.1 Å². The lowest BCUT2D eigenvalue weighted by molar-refractivity contribution is 0.198. The molecule has 5 rings (SSSR count). The molecule has 3 aromatic rings. The van der Waals surface area contributed by atoms with Gasteiger partial charge in [0.15, 0.2) is 5.58 Å². The SMILES string of the molecule is O=c1[nH]c2ccc(S(=O)(=O)N3CC4CCCN4C3c3ccccc3)cc2o1. The van der Waals surface area contributed by atoms with Gasteiger partial charge in [-0.25, -0.2) is 13.2 Å². The number of nitrogens with one attached hydrogen (secondary N) is 1. The van der Waals surface area contributed by atoms with Crippen molar-refractivity contribution in [1.29, 1.82) is 0 Å². The van der Waals surface area contributed by atoms with E-state index in [0.29, 0.717) is 12.1 Å². The highest BCUT2D eigenvalue weighted by molar-refractivity contribution is 7.89. The fourth-order valence-electron chi connectivity index (χ4n) is 4.28. The van der Waals surface area contributed by atoms with E-state index in [1.54, 1.807) is 10.4 Å². The summed E-state index contributed by atoms with van der Waals surface area (Å²) in [5.74, 6) is -0.594. The molecule has 2 fully saturated rings. The van der Waals surface area contributed by atoms with Gasteiger partial charge < -0.3 is 4.42 Å². The summed E-state index contributed by atoms with van der Waals surface area (Å²) in [4.78, 5) is 16.3. The van der Waals surface area contributed by atoms with E-state index in [-0.39, 0.29) is 22.7 Å². The summed E-state index contributed by atoms with van der Waals surface area (Å²) < 4.78 is 33.6. The summed E-state index contributed by atoms with van der Waals surface area (Å²) in [5.41, 5.74) is 1.71. The van der Waals surface area contributed by atoms with Crippen LogP contribution in [0.15, 0.2) is 62.6 Å². The molecule has 2 unspecified atom stereocenters. The van der Waals surface area contributed by atoms with Crippen LogP contribution in [0.2, 0.25) is 0 Å². The molecule has 0 bridgehead atoms. The van der Waals surface area contributed by atoms with E-state index in [4.69, 9.17) is 4.42 Å². The predicted octanol–water partition coefficient (Wildman–Crippen LogP) is 2.29. The number of rotatable bonds is 3. The molecule has 1 N–H and O–H groups in total. The van der Waals surface area contributed by atoms with Gasteiger partial charge in [-0.3, -0.25) is 9.88 Å². The molecule has 2 saturated heterocycles. The van der Waals surface area contributed by atoms with Crippen LogP contribution in [-0.4, -0.2) is 41.7 Å². The fraction of sp³-hybridized carbons (Fsp3) is 0.316. The van der Waals surface area contributed by atoms with E-state index < -0.39 is 15.8 Å². The van der Waals surface area contributed by atoms with Crippen molar-refractivity contribution in [1.82, 2.24) is 14.2 Å². The van der Waals surface area contributed by atoms with E-state index in [2.05, 4.69) is 9.88 Å². The minimum Gasteiger partial charge on any atom is -0.408 e. The number of fused-ring (bicyclic) bond motifs is 2. The first-order chi connectivity index (χ1) is 13.0. The molecule has 2 aliphatic heterocycles. The van der Waals surface area contributed by atoms with Gasteiger partial charge in [-0.2, -0.15) is 4.31 Å². The van der Waals surface area contributed by atoms with Gasteiger partial charge in [0.05, 0.1) is 10.4 Å². The lowest BCUT2D eigenvalue weighted by Gasteiger charge is -2.29. The predicted molar refractivity (Wildman–Crippen MR) is 99.6 cm³/mol. The normalized spacial score (nSPS) is 23.9. The molecule has 3 heterocycles. The third kappa shape index (κ3) is 2.63. The lowest BCUT2D eigenvalue weighted by Crippen LogP contribution is -2.35. The molecule has 0 amide bonds. The zero-order chi connectivity index (χ0) is 18.6. The van der Waals surface area contributed by atoms with Crippen molar-refractivity contribution >= 4 is 21.1 Å². The average Bonchev–Trinajstić information content (AvgIpc) is 3.34. The first-order valence-electron chi connectivity index (χ1n) is 8.99. The molecule has 140 valence electrons. The van der Waals surface area contributed by atoms with Crippen molar-refractivity contribution in [3.8, 4) is 0 Å². The van der Waals surface area contributed by atoms with Crippen molar-refractivity contribution in [2.24, 2.45) is 0 Å². The van der Waals surface area contributed by atoms with Crippen LogP contribution in [0, 0.1) is 0 Å². The number of H-pyrrole nitrogens is 1. The Balaban J connectivity index is 1.60. The quantitative estimate of drug-likeness (QED) is 0.748. The molecule has 7 nitrogen and oxygen atoms in total. The topological polar surface area (TPSA) is 86.6 Å². The monoisotopic (exact) mass is 385 g/mol. The highest BCUT2D eigenvalue weighted by Crippen LogP contribution is 2.41. The van der Waals surface area contributed by atoms with E-state index >= 15 is 0 Å². The van der Waals surface area contributed by atoms with Crippen molar-refractivity contribution in [2.75, 3.05) is 13.1 Å². The van der Waals surface area contributed by atoms with Crippen LogP contribution < -0.4 is 5.76 Å². The number of hydrogen-bond acceptors (Lipinski definition) is 5. The molecular weight excluding hydrogens is 366 g/mol. The van der Waals surface area contributed by atoms with E-state index in [1.165, 1.54) is 12.1 Å². The molecule has 0 aliphatic carbocycles. The van der Waals surface area contributed by atoms with Crippen molar-refractivity contribution < 1.29 is 12.8 Å². The van der Waals surface area contributed by atoms with Crippen molar-refractivity contribution in [3.63, 3.8) is 0 Å². The van der Waals surface area contributed by atoms with Gasteiger partial charge in [-0.15, -0.1) is 0 Å². The van der Waals surface area contributed by atoms with Crippen LogP contribution in [0.3, 0.4) is 0 Å². The smallest absolute Gasteiger partial charge is 0.408 e. The van der Waals surface area contributed by atoms with Gasteiger partial charge >= 0.3 is 5.76 Å². The van der Waals surface area contributed by atoms with Gasteiger partial charge in [0.2, 0.25) is 10.0 Å². The van der Waals surface area contributed by atoms with E-state index in [0.717, 1.165) is 24.9 Å². The van der Waals surface area contributed by atoms with Crippen LogP contribution in [0.5, 0.6) is 0 Å². The van der Waals surface area contributed by atoms with Crippen LogP contribution in [0.4, 0.5) is 0 Å². The van der Waals surface area contributed by atoms with Gasteiger partial charge in [0, 0.05) is 25.2 Å². The Kier molecular flexibility index (Phi) is 3.75. The van der Waals surface area contributed by atoms with Crippen LogP contribution in [-0.2, 0) is 10.0 Å². The van der Waals surface area contributed by atoms with Crippen molar-refractivity contribution in [3.05, 3.63) is 64.6 Å². The second-order valence-electron chi connectivity index (χ2n) is 7.07. The molecule has 2 atom stereocenters. The van der Waals surface area contributed by atoms with Crippen LogP contribution >= 0.6 is 0 Å². The fourth-order valence-corrected chi connectivity index (χ4v) is 5.92. The summed E-state index contributed by atoms with van der Waals surface area (Å²) in [6, 6.07) is 14.5. The maximum Gasteiger partial charge on any atom is 0.417 e. The summed E-state index contributed by atoms with van der Waals surface area (Å²) >= 11 is 0. The van der Waals surface area contributed by atoms with Gasteiger partial charge in [-0.1, -0.05) is 30.3 Å². The van der Waals surface area contributed by atoms with Crippen molar-refractivity contribution in [2.45, 2.75) is 29.9 Å². The Morgan fingerprint density at radius 3 is 2.74 bits per heavy atom. The van der Waals surface area contributed by atoms with Crippen LogP contribution in [0.1, 0.15) is 24.6 Å². The Labute approximate surface area is 156 Å². The summed E-state index contributed by atoms with van der Waals surface area (Å²) in [5, 5.41) is 0. The van der Waals surface area contributed by atoms with E-state index in [1.807, 2.05) is 30.3 Å². The summed E-state index contributed by atoms with van der Waals surface area (Å²) in [6.45, 7) is 1.36. The van der Waals surface area contributed by atoms with Gasteiger partial charge in [-0.05, 0) is 30.5 Å². The number of aromatic nitrogens is 1. The minimum atomic E-state index is -3.74. The molecule has 27 heavy (non-hydrogen) atoms. The van der Waals surface area contributed by atoms with Gasteiger partial charge in [0.1, 0.15) is 6.17 Å². The number of aromatic amines is 1. The Morgan fingerprint density at radius 2 is 1.93 bits per heavy atom. The first-order valence-corrected chi connectivity index (χ1v) is 10.4. The first kappa shape index (κ1) is 16.7. The Hall–Kier alpha value is -2.42. The number of sulfonamides is 1. The number of oxazole rings is 1. The highest BCUT2D eigenvalue weighted by Gasteiger charge is 2.47. The minimum absolute atomic E-state index is 0.139. The maximum absolute atomic E-state index is 13.5. The Morgan fingerprint density at radius 1 is 1.11 bits per heavy atom. The standard InChI is InChI=1S/C19H19N3O4S/c23-19-20-16-9-8-15(11-17(16)26-19)27(24,25)22-12-14-7-4-10-21(14)18(22)13-5-2-1-3-6-13/h1-3,5-6,8-9,11,14,18H,4,7,10,12H2,(H,20,23). The average molecular weight is 385 g/mol. The highest BCUT2D eigenvalue weighted by atomic mass is 32.2. The summed E-state index contributed by atoms with van der Waals surface area (Å²) in [6.07, 6.45) is 1.78. The molecule has 2 aromatic carbocycles. The Bertz CT molecular complexity index is 1150. The van der Waals surface area contributed by atoms with E-state index in [9.17, 15) is 13.2 Å². The largest absolute Gasteiger partial charge is 0.417 e. The second-order valence-corrected chi connectivity index (χ2v) is 8.96. The third-order valence-electron chi connectivity index (χ3n) is 5.50. The molecular formula is C19H19N3O4S. The second kappa shape index (κ2) is 6.05. The molecule has 2 aliphatic rings. The molecule has 0 radical (unpaired) electrons. The third-order valence-corrected chi connectivity index (χ3v) is 7.31. The zero-order valence-corrected chi connectivity index (χ0v) is 15.4. The molecule has 1 aromatic heterocycles. The number of benzene rings is 2. The maximum atomic E-state index is 13.5. The molecule has 0 saturated carbocycles. The molecule has 0 spiro atoms. The number of hydrogen-bond donors (Lipinski definition) is 1. The number of nitrogens with zero attached hydrogens (tertiary/aromatic N) is 2.